The number of ether oxygens (including phenoxy) is 1. The van der Waals surface area contributed by atoms with Gasteiger partial charge >= 0.3 is 5.97 Å². The van der Waals surface area contributed by atoms with E-state index in [1.165, 1.54) is 0 Å². The second kappa shape index (κ2) is 8.12. The minimum absolute atomic E-state index is 0.175. The number of esters is 1. The van der Waals surface area contributed by atoms with Crippen LogP contribution in [0.3, 0.4) is 0 Å². The molecule has 1 amide bonds. The number of aryl methyl sites for hydroxylation is 1. The highest BCUT2D eigenvalue weighted by atomic mass is 16.5. The summed E-state index contributed by atoms with van der Waals surface area (Å²) < 4.78 is 5.56. The largest absolute Gasteiger partial charge is 0.423 e. The van der Waals surface area contributed by atoms with Gasteiger partial charge in [-0.25, -0.2) is 4.79 Å². The van der Waals surface area contributed by atoms with Gasteiger partial charge in [-0.15, -0.1) is 0 Å². The van der Waals surface area contributed by atoms with Crippen LogP contribution in [0.5, 0.6) is 5.75 Å². The summed E-state index contributed by atoms with van der Waals surface area (Å²) in [5.41, 5.74) is 2.70. The second-order valence-electron chi connectivity index (χ2n) is 5.86. The molecule has 0 radical (unpaired) electrons. The zero-order valence-corrected chi connectivity index (χ0v) is 14.4. The molecule has 4 heteroatoms. The zero-order chi connectivity index (χ0) is 18.4. The second-order valence-corrected chi connectivity index (χ2v) is 5.86. The lowest BCUT2D eigenvalue weighted by atomic mass is 10.1. The van der Waals surface area contributed by atoms with E-state index in [-0.39, 0.29) is 12.5 Å². The third-order valence-corrected chi connectivity index (χ3v) is 4.02. The minimum atomic E-state index is -0.412. The van der Waals surface area contributed by atoms with E-state index >= 15 is 0 Å². The normalized spacial score (nSPS) is 10.2. The molecule has 0 unspecified atom stereocenters. The quantitative estimate of drug-likeness (QED) is 0.558. The first-order chi connectivity index (χ1) is 12.6. The van der Waals surface area contributed by atoms with Crippen LogP contribution in [0.1, 0.15) is 31.8 Å². The SMILES string of the molecule is Cc1ccccc1C(=O)Oc1ccccc1CNC(=O)c1ccccc1. The van der Waals surface area contributed by atoms with E-state index in [0.717, 1.165) is 11.1 Å². The molecule has 130 valence electrons. The first-order valence-corrected chi connectivity index (χ1v) is 8.34. The highest BCUT2D eigenvalue weighted by Crippen LogP contribution is 2.20. The van der Waals surface area contributed by atoms with Crippen LogP contribution in [0.15, 0.2) is 78.9 Å². The first-order valence-electron chi connectivity index (χ1n) is 8.34. The summed E-state index contributed by atoms with van der Waals surface area (Å²) in [7, 11) is 0. The van der Waals surface area contributed by atoms with Gasteiger partial charge in [0.05, 0.1) is 5.56 Å². The Balaban J connectivity index is 1.71. The van der Waals surface area contributed by atoms with Crippen molar-refractivity contribution in [1.82, 2.24) is 5.32 Å². The summed E-state index contributed by atoms with van der Waals surface area (Å²) in [6.07, 6.45) is 0. The van der Waals surface area contributed by atoms with Gasteiger partial charge in [0.25, 0.3) is 5.91 Å². The maximum Gasteiger partial charge on any atom is 0.343 e. The molecule has 3 rings (SSSR count). The number of benzene rings is 3. The Kier molecular flexibility index (Phi) is 5.44. The van der Waals surface area contributed by atoms with Gasteiger partial charge in [-0.3, -0.25) is 4.79 Å². The Morgan fingerprint density at radius 3 is 2.27 bits per heavy atom. The molecule has 4 nitrogen and oxygen atoms in total. The van der Waals surface area contributed by atoms with Crippen molar-refractivity contribution in [2.24, 2.45) is 0 Å². The number of para-hydroxylation sites is 1. The van der Waals surface area contributed by atoms with Gasteiger partial charge in [-0.1, -0.05) is 54.6 Å². The fourth-order valence-electron chi connectivity index (χ4n) is 2.57. The van der Waals surface area contributed by atoms with Crippen LogP contribution < -0.4 is 10.1 Å². The minimum Gasteiger partial charge on any atom is -0.423 e. The number of hydrogen-bond acceptors (Lipinski definition) is 3. The van der Waals surface area contributed by atoms with Crippen molar-refractivity contribution >= 4 is 11.9 Å². The predicted molar refractivity (Wildman–Crippen MR) is 100 cm³/mol. The predicted octanol–water partition coefficient (Wildman–Crippen LogP) is 4.14. The molecule has 0 heterocycles. The van der Waals surface area contributed by atoms with Crippen molar-refractivity contribution in [2.75, 3.05) is 0 Å². The lowest BCUT2D eigenvalue weighted by Gasteiger charge is -2.12. The molecular weight excluding hydrogens is 326 g/mol. The topological polar surface area (TPSA) is 55.4 Å². The highest BCUT2D eigenvalue weighted by Gasteiger charge is 2.14. The number of amides is 1. The Morgan fingerprint density at radius 2 is 1.50 bits per heavy atom. The molecule has 0 spiro atoms. The molecule has 0 saturated carbocycles. The highest BCUT2D eigenvalue weighted by molar-refractivity contribution is 5.94. The van der Waals surface area contributed by atoms with E-state index in [0.29, 0.717) is 16.9 Å². The van der Waals surface area contributed by atoms with Crippen molar-refractivity contribution in [1.29, 1.82) is 0 Å². The van der Waals surface area contributed by atoms with Gasteiger partial charge in [0.1, 0.15) is 5.75 Å². The number of carbonyl (C=O) groups excluding carboxylic acids is 2. The molecule has 0 aliphatic rings. The number of carbonyl (C=O) groups is 2. The summed E-state index contributed by atoms with van der Waals surface area (Å²) in [5.74, 6) is -0.148. The van der Waals surface area contributed by atoms with E-state index in [1.54, 1.807) is 36.4 Å². The average Bonchev–Trinajstić information content (AvgIpc) is 2.68. The Morgan fingerprint density at radius 1 is 0.846 bits per heavy atom. The van der Waals surface area contributed by atoms with Gasteiger partial charge in [-0.05, 0) is 36.8 Å². The van der Waals surface area contributed by atoms with Gasteiger partial charge < -0.3 is 10.1 Å². The van der Waals surface area contributed by atoms with E-state index in [9.17, 15) is 9.59 Å². The number of hydrogen-bond donors (Lipinski definition) is 1. The summed E-state index contributed by atoms with van der Waals surface area (Å²) >= 11 is 0. The van der Waals surface area contributed by atoms with Crippen LogP contribution in [-0.4, -0.2) is 11.9 Å². The molecule has 0 saturated heterocycles. The van der Waals surface area contributed by atoms with Crippen molar-refractivity contribution < 1.29 is 14.3 Å². The Hall–Kier alpha value is -3.40. The van der Waals surface area contributed by atoms with Crippen molar-refractivity contribution in [2.45, 2.75) is 13.5 Å². The van der Waals surface area contributed by atoms with Crippen molar-refractivity contribution in [3.8, 4) is 5.75 Å². The third kappa shape index (κ3) is 4.16. The zero-order valence-electron chi connectivity index (χ0n) is 14.4. The monoisotopic (exact) mass is 345 g/mol. The lowest BCUT2D eigenvalue weighted by Crippen LogP contribution is -2.23. The Labute approximate surface area is 152 Å². The van der Waals surface area contributed by atoms with Crippen LogP contribution in [-0.2, 0) is 6.54 Å². The summed E-state index contributed by atoms with van der Waals surface area (Å²) in [6, 6.07) is 23.4. The van der Waals surface area contributed by atoms with Crippen LogP contribution in [0, 0.1) is 6.92 Å². The summed E-state index contributed by atoms with van der Waals surface area (Å²) in [6.45, 7) is 2.13. The van der Waals surface area contributed by atoms with E-state index in [1.807, 2.05) is 49.4 Å². The van der Waals surface area contributed by atoms with Crippen LogP contribution in [0.2, 0.25) is 0 Å². The first kappa shape index (κ1) is 17.4. The van der Waals surface area contributed by atoms with Gasteiger partial charge in [0, 0.05) is 17.7 Å². The average molecular weight is 345 g/mol. The molecule has 26 heavy (non-hydrogen) atoms. The molecule has 0 aliphatic heterocycles. The van der Waals surface area contributed by atoms with Crippen molar-refractivity contribution in [3.63, 3.8) is 0 Å². The van der Waals surface area contributed by atoms with Gasteiger partial charge in [-0.2, -0.15) is 0 Å². The van der Waals surface area contributed by atoms with Gasteiger partial charge in [0.15, 0.2) is 0 Å². The maximum atomic E-state index is 12.4. The van der Waals surface area contributed by atoms with E-state index < -0.39 is 5.97 Å². The molecule has 0 bridgehead atoms. The maximum absolute atomic E-state index is 12.4. The van der Waals surface area contributed by atoms with Gasteiger partial charge in [0.2, 0.25) is 0 Å². The van der Waals surface area contributed by atoms with E-state index in [2.05, 4.69) is 5.32 Å². The summed E-state index contributed by atoms with van der Waals surface area (Å²) in [5, 5.41) is 2.85. The van der Waals surface area contributed by atoms with Crippen LogP contribution >= 0.6 is 0 Å². The smallest absolute Gasteiger partial charge is 0.343 e. The molecule has 3 aromatic carbocycles. The fourth-order valence-corrected chi connectivity index (χ4v) is 2.57. The fraction of sp³-hybridized carbons (Fsp3) is 0.0909. The molecular formula is C22H19NO3. The molecule has 3 aromatic rings. The summed E-state index contributed by atoms with van der Waals surface area (Å²) in [4.78, 5) is 24.6. The molecule has 1 N–H and O–H groups in total. The standard InChI is InChI=1S/C22H19NO3/c1-16-9-5-7-13-19(16)22(25)26-20-14-8-6-12-18(20)15-23-21(24)17-10-3-2-4-11-17/h2-14H,15H2,1H3,(H,23,24). The molecule has 0 atom stereocenters. The lowest BCUT2D eigenvalue weighted by molar-refractivity contribution is 0.0732. The molecule has 0 aliphatic carbocycles. The third-order valence-electron chi connectivity index (χ3n) is 4.02. The van der Waals surface area contributed by atoms with Crippen molar-refractivity contribution in [3.05, 3.63) is 101 Å². The number of rotatable bonds is 5. The van der Waals surface area contributed by atoms with E-state index in [4.69, 9.17) is 4.74 Å². The number of nitrogens with one attached hydrogen (secondary N) is 1. The van der Waals surface area contributed by atoms with Crippen LogP contribution in [0.4, 0.5) is 0 Å². The van der Waals surface area contributed by atoms with Crippen LogP contribution in [0.25, 0.3) is 0 Å². The molecule has 0 fully saturated rings. The Bertz CT molecular complexity index is 919. The molecule has 0 aromatic heterocycles.